The summed E-state index contributed by atoms with van der Waals surface area (Å²) in [5.41, 5.74) is 1.23. The minimum atomic E-state index is -0.0750. The van der Waals surface area contributed by atoms with Crippen molar-refractivity contribution in [1.82, 2.24) is 15.2 Å². The maximum Gasteiger partial charge on any atom is 0.270 e. The van der Waals surface area contributed by atoms with Gasteiger partial charge in [-0.05, 0) is 57.2 Å². The average Bonchev–Trinajstić information content (AvgIpc) is 3.06. The van der Waals surface area contributed by atoms with Crippen LogP contribution in [0.15, 0.2) is 27.8 Å². The van der Waals surface area contributed by atoms with Gasteiger partial charge in [-0.2, -0.15) is 0 Å². The molecule has 3 saturated heterocycles. The van der Waals surface area contributed by atoms with Gasteiger partial charge in [-0.1, -0.05) is 0 Å². The van der Waals surface area contributed by atoms with Gasteiger partial charge < -0.3 is 9.73 Å². The van der Waals surface area contributed by atoms with Gasteiger partial charge in [0.05, 0.1) is 6.26 Å². The number of carbonyl (C=O) groups is 1. The molecule has 5 heterocycles. The van der Waals surface area contributed by atoms with Crippen LogP contribution in [-0.2, 0) is 0 Å². The number of fused-ring (bicyclic) bond motifs is 4. The Hall–Kier alpha value is -1.53. The number of hydrogen-bond acceptors (Lipinski definition) is 5. The van der Waals surface area contributed by atoms with Crippen LogP contribution < -0.4 is 5.32 Å². The molecule has 5 rings (SSSR count). The molecule has 2 atom stereocenters. The molecule has 2 bridgehead atoms. The van der Waals surface area contributed by atoms with Crippen LogP contribution in [-0.4, -0.2) is 47.2 Å². The van der Waals surface area contributed by atoms with Gasteiger partial charge in [0, 0.05) is 17.5 Å². The molecular formula is C17H21N3O2S. The van der Waals surface area contributed by atoms with E-state index in [-0.39, 0.29) is 11.9 Å². The Labute approximate surface area is 139 Å². The summed E-state index contributed by atoms with van der Waals surface area (Å²) < 4.78 is 5.46. The second-order valence-corrected chi connectivity index (χ2v) is 7.26. The highest BCUT2D eigenvalue weighted by Crippen LogP contribution is 2.32. The molecule has 122 valence electrons. The molecule has 6 heteroatoms. The van der Waals surface area contributed by atoms with Crippen molar-refractivity contribution < 1.29 is 9.21 Å². The zero-order valence-electron chi connectivity index (χ0n) is 13.4. The number of piperidine rings is 3. The predicted octanol–water partition coefficient (Wildman–Crippen LogP) is 2.76. The minimum absolute atomic E-state index is 0.0750. The summed E-state index contributed by atoms with van der Waals surface area (Å²) in [7, 11) is 0. The maximum atomic E-state index is 12.7. The number of pyridine rings is 1. The normalized spacial score (nSPS) is 29.8. The maximum absolute atomic E-state index is 12.7. The van der Waals surface area contributed by atoms with E-state index >= 15 is 0 Å². The van der Waals surface area contributed by atoms with Gasteiger partial charge in [0.15, 0.2) is 5.58 Å². The summed E-state index contributed by atoms with van der Waals surface area (Å²) in [6.45, 7) is 4.54. The number of furan rings is 1. The summed E-state index contributed by atoms with van der Waals surface area (Å²) in [5, 5.41) is 4.93. The standard InChI is InChI=1S/C17H21N3O2S/c1-10-14(11-3-6-20(10)7-4-11)19-16(21)13-9-12-5-8-22-15(12)17(18-13)23-2/h5,8-11,14H,3-4,6-7H2,1-2H3,(H,19,21). The number of amides is 1. The van der Waals surface area contributed by atoms with E-state index in [2.05, 4.69) is 22.1 Å². The molecule has 23 heavy (non-hydrogen) atoms. The van der Waals surface area contributed by atoms with Gasteiger partial charge in [-0.25, -0.2) is 4.98 Å². The SMILES string of the molecule is CSc1nc(C(=O)NC2C3CCN(CC3)C2C)cc2ccoc12. The van der Waals surface area contributed by atoms with Crippen molar-refractivity contribution in [3.05, 3.63) is 24.1 Å². The molecule has 0 spiro atoms. The van der Waals surface area contributed by atoms with Crippen LogP contribution >= 0.6 is 11.8 Å². The van der Waals surface area contributed by atoms with E-state index in [1.807, 2.05) is 18.4 Å². The van der Waals surface area contributed by atoms with Crippen molar-refractivity contribution in [2.75, 3.05) is 19.3 Å². The third-order valence-corrected chi connectivity index (χ3v) is 5.97. The fourth-order valence-corrected chi connectivity index (χ4v) is 4.51. The number of nitrogens with one attached hydrogen (secondary N) is 1. The molecule has 1 N–H and O–H groups in total. The first-order valence-corrected chi connectivity index (χ1v) is 9.37. The molecule has 1 amide bonds. The fraction of sp³-hybridized carbons (Fsp3) is 0.529. The highest BCUT2D eigenvalue weighted by molar-refractivity contribution is 7.98. The summed E-state index contributed by atoms with van der Waals surface area (Å²) in [6.07, 6.45) is 5.95. The molecule has 2 unspecified atom stereocenters. The van der Waals surface area contributed by atoms with Crippen LogP contribution in [0.2, 0.25) is 0 Å². The van der Waals surface area contributed by atoms with Crippen molar-refractivity contribution in [3.8, 4) is 0 Å². The Morgan fingerprint density at radius 2 is 2.22 bits per heavy atom. The van der Waals surface area contributed by atoms with Gasteiger partial charge >= 0.3 is 0 Å². The summed E-state index contributed by atoms with van der Waals surface area (Å²) in [6, 6.07) is 4.33. The lowest BCUT2D eigenvalue weighted by Gasteiger charge is -2.49. The Kier molecular flexibility index (Phi) is 3.81. The van der Waals surface area contributed by atoms with Crippen LogP contribution in [0.5, 0.6) is 0 Å². The number of nitrogens with zero attached hydrogens (tertiary/aromatic N) is 2. The Morgan fingerprint density at radius 1 is 1.43 bits per heavy atom. The Bertz CT molecular complexity index is 735. The quantitative estimate of drug-likeness (QED) is 0.877. The lowest BCUT2D eigenvalue weighted by molar-refractivity contribution is 0.0216. The van der Waals surface area contributed by atoms with Gasteiger partial charge in [0.2, 0.25) is 0 Å². The molecule has 2 aromatic rings. The van der Waals surface area contributed by atoms with Crippen molar-refractivity contribution in [2.24, 2.45) is 5.92 Å². The zero-order chi connectivity index (χ0) is 16.0. The topological polar surface area (TPSA) is 58.4 Å². The largest absolute Gasteiger partial charge is 0.461 e. The van der Waals surface area contributed by atoms with Crippen LogP contribution in [0, 0.1) is 5.92 Å². The summed E-state index contributed by atoms with van der Waals surface area (Å²) in [5.74, 6) is 0.519. The molecule has 2 aromatic heterocycles. The van der Waals surface area contributed by atoms with E-state index < -0.39 is 0 Å². The fourth-order valence-electron chi connectivity index (χ4n) is 3.97. The van der Waals surface area contributed by atoms with Crippen molar-refractivity contribution in [1.29, 1.82) is 0 Å². The first kappa shape index (κ1) is 15.0. The molecule has 3 aliphatic rings. The number of thioether (sulfide) groups is 1. The first-order chi connectivity index (χ1) is 11.2. The van der Waals surface area contributed by atoms with E-state index in [4.69, 9.17) is 4.42 Å². The van der Waals surface area contributed by atoms with Gasteiger partial charge in [0.1, 0.15) is 10.7 Å². The van der Waals surface area contributed by atoms with E-state index in [1.54, 1.807) is 6.26 Å². The predicted molar refractivity (Wildman–Crippen MR) is 90.8 cm³/mol. The molecule has 0 aromatic carbocycles. The van der Waals surface area contributed by atoms with Crippen molar-refractivity contribution in [3.63, 3.8) is 0 Å². The number of rotatable bonds is 3. The van der Waals surface area contributed by atoms with Crippen LogP contribution in [0.25, 0.3) is 11.0 Å². The highest BCUT2D eigenvalue weighted by Gasteiger charge is 2.40. The zero-order valence-corrected chi connectivity index (χ0v) is 14.2. The number of aromatic nitrogens is 1. The minimum Gasteiger partial charge on any atom is -0.461 e. The summed E-state index contributed by atoms with van der Waals surface area (Å²) >= 11 is 1.50. The van der Waals surface area contributed by atoms with Gasteiger partial charge in [-0.15, -0.1) is 11.8 Å². The summed E-state index contributed by atoms with van der Waals surface area (Å²) in [4.78, 5) is 19.7. The number of hydrogen-bond donors (Lipinski definition) is 1. The van der Waals surface area contributed by atoms with Gasteiger partial charge in [-0.3, -0.25) is 9.69 Å². The molecule has 0 aliphatic carbocycles. The van der Waals surface area contributed by atoms with E-state index in [9.17, 15) is 4.79 Å². The van der Waals surface area contributed by atoms with Crippen LogP contribution in [0.3, 0.4) is 0 Å². The average molecular weight is 331 g/mol. The third kappa shape index (κ3) is 2.54. The second kappa shape index (κ2) is 5.83. The molecule has 3 fully saturated rings. The number of carbonyl (C=O) groups excluding carboxylic acids is 1. The van der Waals surface area contributed by atoms with E-state index in [0.29, 0.717) is 17.7 Å². The third-order valence-electron chi connectivity index (χ3n) is 5.31. The molecular weight excluding hydrogens is 310 g/mol. The van der Waals surface area contributed by atoms with Crippen molar-refractivity contribution in [2.45, 2.75) is 36.9 Å². The molecule has 3 aliphatic heterocycles. The Balaban J connectivity index is 1.59. The first-order valence-electron chi connectivity index (χ1n) is 8.14. The highest BCUT2D eigenvalue weighted by atomic mass is 32.2. The van der Waals surface area contributed by atoms with E-state index in [0.717, 1.165) is 29.1 Å². The molecule has 5 nitrogen and oxygen atoms in total. The monoisotopic (exact) mass is 331 g/mol. The van der Waals surface area contributed by atoms with Crippen LogP contribution in [0.4, 0.5) is 0 Å². The lowest BCUT2D eigenvalue weighted by Crippen LogP contribution is -2.62. The second-order valence-electron chi connectivity index (χ2n) is 6.47. The smallest absolute Gasteiger partial charge is 0.270 e. The molecule has 0 saturated carbocycles. The van der Waals surface area contributed by atoms with Crippen LogP contribution in [0.1, 0.15) is 30.3 Å². The van der Waals surface area contributed by atoms with Crippen molar-refractivity contribution >= 4 is 28.6 Å². The van der Waals surface area contributed by atoms with Gasteiger partial charge in [0.25, 0.3) is 5.91 Å². The molecule has 0 radical (unpaired) electrons. The van der Waals surface area contributed by atoms with E-state index in [1.165, 1.54) is 24.6 Å². The Morgan fingerprint density at radius 3 is 2.91 bits per heavy atom. The lowest BCUT2D eigenvalue weighted by atomic mass is 9.79.